The first-order valence-electron chi connectivity index (χ1n) is 12.2. The fraction of sp³-hybridized carbons (Fsp3) is 0.214. The molecule has 7 nitrogen and oxygen atoms in total. The van der Waals surface area contributed by atoms with Crippen LogP contribution < -0.4 is 0 Å². The SMILES string of the molecule is Fc1cccc(-c2cccc3[nH]c(-c4[nH]ncc4/C=C/c4cncc(CN5CCCCC5)n4)nc23)c1. The van der Waals surface area contributed by atoms with Crippen LogP contribution in [0.4, 0.5) is 4.39 Å². The summed E-state index contributed by atoms with van der Waals surface area (Å²) in [6, 6.07) is 12.4. The summed E-state index contributed by atoms with van der Waals surface area (Å²) in [5, 5.41) is 7.30. The van der Waals surface area contributed by atoms with Crippen molar-refractivity contribution in [3.05, 3.63) is 83.8 Å². The minimum absolute atomic E-state index is 0.274. The molecule has 0 saturated carbocycles. The van der Waals surface area contributed by atoms with Crippen LogP contribution in [-0.4, -0.2) is 48.1 Å². The van der Waals surface area contributed by atoms with E-state index in [0.717, 1.165) is 64.4 Å². The molecule has 3 aromatic heterocycles. The second kappa shape index (κ2) is 9.83. The minimum atomic E-state index is -0.274. The molecule has 0 aliphatic carbocycles. The number of H-pyrrole nitrogens is 2. The Kier molecular flexibility index (Phi) is 6.09. The second-order valence-electron chi connectivity index (χ2n) is 9.10. The van der Waals surface area contributed by atoms with E-state index in [4.69, 9.17) is 9.97 Å². The van der Waals surface area contributed by atoms with E-state index in [2.05, 4.69) is 25.1 Å². The minimum Gasteiger partial charge on any atom is -0.337 e. The third-order valence-corrected chi connectivity index (χ3v) is 6.52. The average Bonchev–Trinajstić information content (AvgIpc) is 3.55. The zero-order chi connectivity index (χ0) is 24.3. The van der Waals surface area contributed by atoms with Crippen LogP contribution in [0.15, 0.2) is 61.1 Å². The molecular formula is C28H26FN7. The van der Waals surface area contributed by atoms with Crippen molar-refractivity contribution < 1.29 is 4.39 Å². The number of nitrogens with one attached hydrogen (secondary N) is 2. The summed E-state index contributed by atoms with van der Waals surface area (Å²) in [5.74, 6) is 0.389. The fourth-order valence-corrected chi connectivity index (χ4v) is 4.75. The number of aromatic nitrogens is 6. The van der Waals surface area contributed by atoms with Gasteiger partial charge in [-0.25, -0.2) is 14.4 Å². The number of hydrogen-bond donors (Lipinski definition) is 2. The lowest BCUT2D eigenvalue weighted by Gasteiger charge is -2.25. The van der Waals surface area contributed by atoms with Crippen LogP contribution in [0, 0.1) is 5.82 Å². The molecule has 36 heavy (non-hydrogen) atoms. The first-order valence-corrected chi connectivity index (χ1v) is 12.2. The third-order valence-electron chi connectivity index (χ3n) is 6.52. The van der Waals surface area contributed by atoms with Gasteiger partial charge in [0, 0.05) is 23.9 Å². The summed E-state index contributed by atoms with van der Waals surface area (Å²) in [7, 11) is 0. The maximum atomic E-state index is 13.8. The van der Waals surface area contributed by atoms with E-state index in [1.54, 1.807) is 18.5 Å². The van der Waals surface area contributed by atoms with Crippen molar-refractivity contribution in [2.24, 2.45) is 0 Å². The van der Waals surface area contributed by atoms with Crippen LogP contribution in [0.3, 0.4) is 0 Å². The molecule has 4 heterocycles. The lowest BCUT2D eigenvalue weighted by Crippen LogP contribution is -2.29. The highest BCUT2D eigenvalue weighted by Gasteiger charge is 2.15. The lowest BCUT2D eigenvalue weighted by molar-refractivity contribution is 0.218. The number of imidazole rings is 1. The molecule has 5 aromatic rings. The van der Waals surface area contributed by atoms with Gasteiger partial charge in [-0.3, -0.25) is 15.0 Å². The Labute approximate surface area is 208 Å². The van der Waals surface area contributed by atoms with Gasteiger partial charge in [0.05, 0.1) is 34.8 Å². The van der Waals surface area contributed by atoms with Gasteiger partial charge in [-0.1, -0.05) is 30.7 Å². The fourth-order valence-electron chi connectivity index (χ4n) is 4.75. The number of nitrogens with zero attached hydrogens (tertiary/aromatic N) is 5. The normalized spacial score (nSPS) is 14.7. The Morgan fingerprint density at radius 1 is 0.944 bits per heavy atom. The van der Waals surface area contributed by atoms with Gasteiger partial charge in [0.15, 0.2) is 5.82 Å². The summed E-state index contributed by atoms with van der Waals surface area (Å²) in [5.41, 5.74) is 6.72. The third kappa shape index (κ3) is 4.67. The van der Waals surface area contributed by atoms with Gasteiger partial charge >= 0.3 is 0 Å². The molecule has 0 spiro atoms. The van der Waals surface area contributed by atoms with Gasteiger partial charge in [0.25, 0.3) is 0 Å². The number of aromatic amines is 2. The van der Waals surface area contributed by atoms with E-state index in [9.17, 15) is 4.39 Å². The first-order chi connectivity index (χ1) is 17.7. The molecule has 2 aromatic carbocycles. The van der Waals surface area contributed by atoms with Gasteiger partial charge < -0.3 is 4.98 Å². The summed E-state index contributed by atoms with van der Waals surface area (Å²) in [6.45, 7) is 3.08. The van der Waals surface area contributed by atoms with Crippen LogP contribution in [0.2, 0.25) is 0 Å². The van der Waals surface area contributed by atoms with Crippen LogP contribution >= 0.6 is 0 Å². The zero-order valence-corrected chi connectivity index (χ0v) is 19.8. The largest absolute Gasteiger partial charge is 0.337 e. The lowest BCUT2D eigenvalue weighted by atomic mass is 10.0. The van der Waals surface area contributed by atoms with Crippen molar-refractivity contribution >= 4 is 23.2 Å². The second-order valence-corrected chi connectivity index (χ2v) is 9.10. The molecule has 8 heteroatoms. The number of para-hydroxylation sites is 1. The van der Waals surface area contributed by atoms with E-state index >= 15 is 0 Å². The van der Waals surface area contributed by atoms with Crippen LogP contribution in [0.25, 0.3) is 45.8 Å². The zero-order valence-electron chi connectivity index (χ0n) is 19.8. The number of halogens is 1. The number of benzene rings is 2. The summed E-state index contributed by atoms with van der Waals surface area (Å²) < 4.78 is 13.8. The van der Waals surface area contributed by atoms with Gasteiger partial charge in [-0.15, -0.1) is 0 Å². The summed E-state index contributed by atoms with van der Waals surface area (Å²) >= 11 is 0. The number of fused-ring (bicyclic) bond motifs is 1. The first kappa shape index (κ1) is 22.3. The van der Waals surface area contributed by atoms with Crippen molar-refractivity contribution in [2.75, 3.05) is 13.1 Å². The Hall–Kier alpha value is -4.17. The monoisotopic (exact) mass is 479 g/mol. The molecule has 0 bridgehead atoms. The van der Waals surface area contributed by atoms with Crippen molar-refractivity contribution in [1.82, 2.24) is 35.0 Å². The molecular weight excluding hydrogens is 453 g/mol. The molecule has 0 unspecified atom stereocenters. The smallest absolute Gasteiger partial charge is 0.157 e. The van der Waals surface area contributed by atoms with Gasteiger partial charge in [-0.05, 0) is 61.8 Å². The highest BCUT2D eigenvalue weighted by molar-refractivity contribution is 5.94. The van der Waals surface area contributed by atoms with Crippen molar-refractivity contribution in [1.29, 1.82) is 0 Å². The molecule has 1 fully saturated rings. The Morgan fingerprint density at radius 3 is 2.72 bits per heavy atom. The molecule has 2 N–H and O–H groups in total. The van der Waals surface area contributed by atoms with Crippen molar-refractivity contribution in [3.63, 3.8) is 0 Å². The van der Waals surface area contributed by atoms with Crippen LogP contribution in [-0.2, 0) is 6.54 Å². The van der Waals surface area contributed by atoms with Gasteiger partial charge in [-0.2, -0.15) is 5.10 Å². The van der Waals surface area contributed by atoms with E-state index in [-0.39, 0.29) is 5.82 Å². The molecule has 0 amide bonds. The number of rotatable bonds is 6. The van der Waals surface area contributed by atoms with Gasteiger partial charge in [0.1, 0.15) is 11.5 Å². The Balaban J connectivity index is 1.27. The Morgan fingerprint density at radius 2 is 1.83 bits per heavy atom. The summed E-state index contributed by atoms with van der Waals surface area (Å²) in [4.78, 5) is 19.8. The van der Waals surface area contributed by atoms with Crippen LogP contribution in [0.1, 0.15) is 36.2 Å². The molecule has 0 radical (unpaired) electrons. The Bertz CT molecular complexity index is 1530. The molecule has 0 atom stereocenters. The quantitative estimate of drug-likeness (QED) is 0.326. The topological polar surface area (TPSA) is 86.4 Å². The summed E-state index contributed by atoms with van der Waals surface area (Å²) in [6.07, 6.45) is 13.1. The van der Waals surface area contributed by atoms with Crippen molar-refractivity contribution in [2.45, 2.75) is 25.8 Å². The number of likely N-dealkylation sites (tertiary alicyclic amines) is 1. The van der Waals surface area contributed by atoms with E-state index in [1.165, 1.54) is 31.4 Å². The number of hydrogen-bond acceptors (Lipinski definition) is 5. The predicted molar refractivity (Wildman–Crippen MR) is 139 cm³/mol. The average molecular weight is 480 g/mol. The maximum Gasteiger partial charge on any atom is 0.157 e. The highest BCUT2D eigenvalue weighted by Crippen LogP contribution is 2.30. The van der Waals surface area contributed by atoms with E-state index < -0.39 is 0 Å². The van der Waals surface area contributed by atoms with E-state index in [1.807, 2.05) is 42.6 Å². The molecule has 180 valence electrons. The number of piperidine rings is 1. The molecule has 1 aliphatic rings. The molecule has 1 saturated heterocycles. The standard InChI is InChI=1S/C28H26FN7/c29-21-7-4-6-19(14-21)24-8-5-9-25-27(24)34-28(33-25)26-20(15-31-35-26)10-11-22-16-30-17-23(32-22)18-36-12-2-1-3-13-36/h4-11,14-17H,1-3,12-13,18H2,(H,31,35)(H,33,34)/b11-10+. The maximum absolute atomic E-state index is 13.8. The molecule has 6 rings (SSSR count). The van der Waals surface area contributed by atoms with Gasteiger partial charge in [0.2, 0.25) is 0 Å². The van der Waals surface area contributed by atoms with Crippen LogP contribution in [0.5, 0.6) is 0 Å². The van der Waals surface area contributed by atoms with Crippen molar-refractivity contribution in [3.8, 4) is 22.6 Å². The highest BCUT2D eigenvalue weighted by atomic mass is 19.1. The van der Waals surface area contributed by atoms with E-state index in [0.29, 0.717) is 5.82 Å². The predicted octanol–water partition coefficient (Wildman–Crippen LogP) is 5.71. The molecule has 1 aliphatic heterocycles.